The first-order valence-electron chi connectivity index (χ1n) is 11.4. The minimum Gasteiger partial charge on any atom is -0.324 e. The molecule has 1 atom stereocenters. The number of benzene rings is 2. The van der Waals surface area contributed by atoms with E-state index in [4.69, 9.17) is 0 Å². The quantitative estimate of drug-likeness (QED) is 0.616. The third-order valence-corrected chi connectivity index (χ3v) is 9.31. The Hall–Kier alpha value is -2.43. The van der Waals surface area contributed by atoms with Crippen LogP contribution in [0.15, 0.2) is 47.4 Å². The lowest BCUT2D eigenvalue weighted by atomic mass is 10.1. The molecule has 0 bridgehead atoms. The van der Waals surface area contributed by atoms with Crippen molar-refractivity contribution in [3.05, 3.63) is 53.6 Å². The number of anilines is 2. The van der Waals surface area contributed by atoms with Crippen molar-refractivity contribution in [1.82, 2.24) is 4.31 Å². The molecule has 0 radical (unpaired) electrons. The number of carbonyl (C=O) groups is 1. The molecule has 1 amide bonds. The molecule has 1 aliphatic heterocycles. The van der Waals surface area contributed by atoms with Gasteiger partial charge in [0, 0.05) is 18.8 Å². The van der Waals surface area contributed by atoms with Gasteiger partial charge in [0.25, 0.3) is 0 Å². The Morgan fingerprint density at radius 1 is 0.912 bits per heavy atom. The second kappa shape index (κ2) is 10.5. The fourth-order valence-electron chi connectivity index (χ4n) is 4.06. The van der Waals surface area contributed by atoms with E-state index < -0.39 is 32.0 Å². The molecule has 1 saturated heterocycles. The van der Waals surface area contributed by atoms with Crippen molar-refractivity contribution in [2.75, 3.05) is 29.0 Å². The average molecular weight is 508 g/mol. The molecular formula is C24H33N3O5S2. The first-order valence-corrected chi connectivity index (χ1v) is 14.7. The van der Waals surface area contributed by atoms with E-state index in [0.29, 0.717) is 24.5 Å². The Morgan fingerprint density at radius 3 is 2.03 bits per heavy atom. The van der Waals surface area contributed by atoms with E-state index in [9.17, 15) is 21.6 Å². The zero-order chi connectivity index (χ0) is 25.1. The van der Waals surface area contributed by atoms with Gasteiger partial charge in [-0.15, -0.1) is 0 Å². The molecule has 8 nitrogen and oxygen atoms in total. The van der Waals surface area contributed by atoms with Crippen molar-refractivity contribution in [1.29, 1.82) is 0 Å². The maximum Gasteiger partial charge on any atom is 0.247 e. The number of aryl methyl sites for hydroxylation is 2. The zero-order valence-electron chi connectivity index (χ0n) is 20.1. The monoisotopic (exact) mass is 507 g/mol. The van der Waals surface area contributed by atoms with Gasteiger partial charge in [0.15, 0.2) is 0 Å². The van der Waals surface area contributed by atoms with Crippen LogP contribution < -0.4 is 9.62 Å². The highest BCUT2D eigenvalue weighted by Gasteiger charge is 2.30. The molecule has 2 aromatic rings. The van der Waals surface area contributed by atoms with E-state index in [1.54, 1.807) is 12.1 Å². The van der Waals surface area contributed by atoms with E-state index in [1.807, 2.05) is 19.9 Å². The summed E-state index contributed by atoms with van der Waals surface area (Å²) in [6, 6.07) is 10.2. The lowest BCUT2D eigenvalue weighted by Gasteiger charge is -2.28. The van der Waals surface area contributed by atoms with E-state index in [1.165, 1.54) is 35.5 Å². The van der Waals surface area contributed by atoms with Crippen LogP contribution in [0.5, 0.6) is 0 Å². The van der Waals surface area contributed by atoms with Crippen LogP contribution in [0.3, 0.4) is 0 Å². The number of rotatable bonds is 7. The van der Waals surface area contributed by atoms with Gasteiger partial charge in [-0.3, -0.25) is 9.10 Å². The fraction of sp³-hybridized carbons (Fsp3) is 0.458. The largest absolute Gasteiger partial charge is 0.324 e. The Morgan fingerprint density at radius 2 is 1.50 bits per heavy atom. The van der Waals surface area contributed by atoms with Crippen molar-refractivity contribution < 1.29 is 21.6 Å². The van der Waals surface area contributed by atoms with Gasteiger partial charge in [0.2, 0.25) is 26.0 Å². The summed E-state index contributed by atoms with van der Waals surface area (Å²) in [7, 11) is -7.33. The van der Waals surface area contributed by atoms with E-state index in [2.05, 4.69) is 5.32 Å². The predicted molar refractivity (Wildman–Crippen MR) is 135 cm³/mol. The Balaban J connectivity index is 1.78. The second-order valence-corrected chi connectivity index (χ2v) is 12.6. The standard InChI is InChI=1S/C24H33N3O5S2/c1-18-9-12-22(17-19(18)2)27(33(4,29)30)20(3)24(28)25-21-10-13-23(14-11-21)34(31,32)26-15-7-5-6-8-16-26/h9-14,17,20H,5-8,15-16H2,1-4H3,(H,25,28)/t20-/m1/s1. The number of nitrogens with one attached hydrogen (secondary N) is 1. The van der Waals surface area contributed by atoms with E-state index in [-0.39, 0.29) is 4.90 Å². The summed E-state index contributed by atoms with van der Waals surface area (Å²) in [6.45, 7) is 6.35. The highest BCUT2D eigenvalue weighted by atomic mass is 32.2. The Labute approximate surface area is 203 Å². The number of carbonyl (C=O) groups excluding carboxylic acids is 1. The summed E-state index contributed by atoms with van der Waals surface area (Å²) in [5, 5.41) is 2.70. The van der Waals surface area contributed by atoms with Gasteiger partial charge < -0.3 is 5.32 Å². The molecular weight excluding hydrogens is 474 g/mol. The lowest BCUT2D eigenvalue weighted by molar-refractivity contribution is -0.116. The fourth-order valence-corrected chi connectivity index (χ4v) is 6.74. The smallest absolute Gasteiger partial charge is 0.247 e. The highest BCUT2D eigenvalue weighted by Crippen LogP contribution is 2.25. The number of hydrogen-bond acceptors (Lipinski definition) is 5. The molecule has 1 aliphatic rings. The van der Waals surface area contributed by atoms with Gasteiger partial charge >= 0.3 is 0 Å². The van der Waals surface area contributed by atoms with Crippen LogP contribution in [-0.2, 0) is 24.8 Å². The Bertz CT molecular complexity index is 1230. The van der Waals surface area contributed by atoms with Gasteiger partial charge in [-0.05, 0) is 81.1 Å². The van der Waals surface area contributed by atoms with E-state index in [0.717, 1.165) is 47.4 Å². The Kier molecular flexibility index (Phi) is 8.05. The first kappa shape index (κ1) is 26.2. The molecule has 2 aromatic carbocycles. The van der Waals surface area contributed by atoms with Crippen LogP contribution in [0.2, 0.25) is 0 Å². The molecule has 0 aliphatic carbocycles. The van der Waals surface area contributed by atoms with Crippen molar-refractivity contribution >= 4 is 37.3 Å². The van der Waals surface area contributed by atoms with Gasteiger partial charge in [-0.1, -0.05) is 18.9 Å². The van der Waals surface area contributed by atoms with Gasteiger partial charge in [0.1, 0.15) is 6.04 Å². The average Bonchev–Trinajstić information content (AvgIpc) is 3.06. The maximum atomic E-state index is 13.0. The summed E-state index contributed by atoms with van der Waals surface area (Å²) in [6.07, 6.45) is 4.82. The van der Waals surface area contributed by atoms with Crippen molar-refractivity contribution in [2.45, 2.75) is 57.4 Å². The SMILES string of the molecule is Cc1ccc(N([C@H](C)C(=O)Nc2ccc(S(=O)(=O)N3CCCCCC3)cc2)S(C)(=O)=O)cc1C. The third-order valence-electron chi connectivity index (χ3n) is 6.16. The number of nitrogens with zero attached hydrogens (tertiary/aromatic N) is 2. The topological polar surface area (TPSA) is 104 Å². The van der Waals surface area contributed by atoms with Gasteiger partial charge in [0.05, 0.1) is 16.8 Å². The third kappa shape index (κ3) is 5.97. The summed E-state index contributed by atoms with van der Waals surface area (Å²) >= 11 is 0. The van der Waals surface area contributed by atoms with Crippen LogP contribution in [0.1, 0.15) is 43.7 Å². The lowest BCUT2D eigenvalue weighted by Crippen LogP contribution is -2.45. The first-order chi connectivity index (χ1) is 15.9. The molecule has 34 heavy (non-hydrogen) atoms. The number of sulfonamides is 2. The van der Waals surface area contributed by atoms with Crippen molar-refractivity contribution in [3.63, 3.8) is 0 Å². The normalized spacial score (nSPS) is 16.5. The second-order valence-electron chi connectivity index (χ2n) is 8.84. The van der Waals surface area contributed by atoms with Crippen molar-refractivity contribution in [2.24, 2.45) is 0 Å². The molecule has 0 aromatic heterocycles. The molecule has 0 unspecified atom stereocenters. The molecule has 10 heteroatoms. The molecule has 0 spiro atoms. The summed E-state index contributed by atoms with van der Waals surface area (Å²) in [5.74, 6) is -0.522. The molecule has 3 rings (SSSR count). The molecule has 1 fully saturated rings. The minimum atomic E-state index is -3.74. The summed E-state index contributed by atoms with van der Waals surface area (Å²) < 4.78 is 53.6. The minimum absolute atomic E-state index is 0.174. The molecule has 186 valence electrons. The van der Waals surface area contributed by atoms with Gasteiger partial charge in [-0.25, -0.2) is 16.8 Å². The van der Waals surface area contributed by atoms with Crippen molar-refractivity contribution in [3.8, 4) is 0 Å². The zero-order valence-corrected chi connectivity index (χ0v) is 21.7. The van der Waals surface area contributed by atoms with Crippen LogP contribution in [0, 0.1) is 13.8 Å². The van der Waals surface area contributed by atoms with E-state index >= 15 is 0 Å². The number of hydrogen-bond donors (Lipinski definition) is 1. The molecule has 1 N–H and O–H groups in total. The molecule has 0 saturated carbocycles. The summed E-state index contributed by atoms with van der Waals surface area (Å²) in [4.78, 5) is 13.1. The van der Waals surface area contributed by atoms with Crippen LogP contribution in [0.25, 0.3) is 0 Å². The molecule has 1 heterocycles. The highest BCUT2D eigenvalue weighted by molar-refractivity contribution is 7.92. The van der Waals surface area contributed by atoms with Crippen LogP contribution >= 0.6 is 0 Å². The summed E-state index contributed by atoms with van der Waals surface area (Å²) in [5.41, 5.74) is 2.73. The number of amides is 1. The predicted octanol–water partition coefficient (Wildman–Crippen LogP) is 3.66. The van der Waals surface area contributed by atoms with Crippen LogP contribution in [-0.4, -0.2) is 52.4 Å². The van der Waals surface area contributed by atoms with Crippen LogP contribution in [0.4, 0.5) is 11.4 Å². The maximum absolute atomic E-state index is 13.0. The van der Waals surface area contributed by atoms with Gasteiger partial charge in [-0.2, -0.15) is 4.31 Å².